The Morgan fingerprint density at radius 2 is 1.40 bits per heavy atom. The second kappa shape index (κ2) is 13.0. The molecular formula is C15H24. The molecule has 0 aromatic carbocycles. The number of hydrogen-bond acceptors (Lipinski definition) is 0. The molecule has 0 saturated heterocycles. The first-order valence-electron chi connectivity index (χ1n) is 6.03. The summed E-state index contributed by atoms with van der Waals surface area (Å²) in [7, 11) is 0. The van der Waals surface area contributed by atoms with Gasteiger partial charge in [-0.05, 0) is 19.8 Å². The average Bonchev–Trinajstić information content (AvgIpc) is 2.26. The summed E-state index contributed by atoms with van der Waals surface area (Å²) < 4.78 is 0. The summed E-state index contributed by atoms with van der Waals surface area (Å²) in [5.74, 6) is 0. The molecule has 0 saturated carbocycles. The Balaban J connectivity index is 3.37. The monoisotopic (exact) mass is 204 g/mol. The van der Waals surface area contributed by atoms with Gasteiger partial charge in [0.05, 0.1) is 0 Å². The maximum absolute atomic E-state index is 2.25. The molecule has 0 amide bonds. The number of hydrogen-bond donors (Lipinski definition) is 0. The van der Waals surface area contributed by atoms with Crippen LogP contribution >= 0.6 is 0 Å². The number of rotatable bonds is 8. The van der Waals surface area contributed by atoms with Crippen molar-refractivity contribution in [3.8, 4) is 0 Å². The highest BCUT2D eigenvalue weighted by molar-refractivity contribution is 5.14. The van der Waals surface area contributed by atoms with Crippen molar-refractivity contribution in [3.05, 3.63) is 48.6 Å². The second-order valence-electron chi connectivity index (χ2n) is 3.57. The van der Waals surface area contributed by atoms with E-state index in [9.17, 15) is 0 Å². The molecule has 0 unspecified atom stereocenters. The fourth-order valence-electron chi connectivity index (χ4n) is 1.23. The van der Waals surface area contributed by atoms with Crippen LogP contribution in [0.2, 0.25) is 0 Å². The van der Waals surface area contributed by atoms with E-state index < -0.39 is 0 Å². The molecule has 0 heterocycles. The third-order valence-corrected chi connectivity index (χ3v) is 2.11. The molecule has 0 aliphatic carbocycles. The van der Waals surface area contributed by atoms with Crippen molar-refractivity contribution in [2.24, 2.45) is 0 Å². The van der Waals surface area contributed by atoms with Crippen LogP contribution in [-0.4, -0.2) is 0 Å². The van der Waals surface area contributed by atoms with Gasteiger partial charge in [0.2, 0.25) is 0 Å². The third-order valence-electron chi connectivity index (χ3n) is 2.11. The largest absolute Gasteiger partial charge is 0.0877 e. The maximum atomic E-state index is 2.25. The van der Waals surface area contributed by atoms with E-state index in [4.69, 9.17) is 0 Å². The first-order valence-corrected chi connectivity index (χ1v) is 6.03. The molecule has 0 atom stereocenters. The zero-order valence-electron chi connectivity index (χ0n) is 10.2. The van der Waals surface area contributed by atoms with Crippen molar-refractivity contribution in [1.29, 1.82) is 0 Å². The zero-order chi connectivity index (χ0) is 11.2. The smallest absolute Gasteiger partial charge is 0.0348 e. The Bertz CT molecular complexity index is 216. The summed E-state index contributed by atoms with van der Waals surface area (Å²) in [6.07, 6.45) is 23.2. The fraction of sp³-hybridized carbons (Fsp3) is 0.467. The molecule has 0 heteroatoms. The van der Waals surface area contributed by atoms with Gasteiger partial charge in [0.15, 0.2) is 0 Å². The Labute approximate surface area is 95.1 Å². The highest BCUT2D eigenvalue weighted by Gasteiger charge is 1.82. The summed E-state index contributed by atoms with van der Waals surface area (Å²) in [6.45, 7) is 4.26. The van der Waals surface area contributed by atoms with E-state index in [1.165, 1.54) is 32.1 Å². The summed E-state index contributed by atoms with van der Waals surface area (Å²) in [5, 5.41) is 0. The molecule has 15 heavy (non-hydrogen) atoms. The molecule has 0 nitrogen and oxygen atoms in total. The van der Waals surface area contributed by atoms with Crippen molar-refractivity contribution in [2.45, 2.75) is 46.0 Å². The minimum atomic E-state index is 1.21. The van der Waals surface area contributed by atoms with Gasteiger partial charge >= 0.3 is 0 Å². The van der Waals surface area contributed by atoms with Crippen LogP contribution in [0.15, 0.2) is 48.6 Å². The van der Waals surface area contributed by atoms with Crippen molar-refractivity contribution in [2.75, 3.05) is 0 Å². The molecule has 0 aromatic heterocycles. The third kappa shape index (κ3) is 13.0. The molecule has 0 spiro atoms. The van der Waals surface area contributed by atoms with E-state index >= 15 is 0 Å². The molecule has 84 valence electrons. The minimum Gasteiger partial charge on any atom is -0.0877 e. The highest BCUT2D eigenvalue weighted by Crippen LogP contribution is 2.02. The van der Waals surface area contributed by atoms with Crippen molar-refractivity contribution in [1.82, 2.24) is 0 Å². The SMILES string of the molecule is C/C=C/C=C/C=C\C=C\CCCCCC. The molecule has 0 aromatic rings. The predicted molar refractivity (Wildman–Crippen MR) is 71.0 cm³/mol. The molecule has 0 bridgehead atoms. The van der Waals surface area contributed by atoms with Gasteiger partial charge in [0.25, 0.3) is 0 Å². The molecule has 0 aliphatic rings. The Morgan fingerprint density at radius 1 is 0.733 bits per heavy atom. The van der Waals surface area contributed by atoms with Gasteiger partial charge in [-0.2, -0.15) is 0 Å². The van der Waals surface area contributed by atoms with E-state index in [-0.39, 0.29) is 0 Å². The minimum absolute atomic E-state index is 1.21. The normalized spacial score (nSPS) is 12.9. The number of allylic oxidation sites excluding steroid dienone is 8. The fourth-order valence-corrected chi connectivity index (χ4v) is 1.23. The van der Waals surface area contributed by atoms with Gasteiger partial charge in [0.1, 0.15) is 0 Å². The Kier molecular flexibility index (Phi) is 12.1. The predicted octanol–water partition coefficient (Wildman–Crippen LogP) is 5.20. The van der Waals surface area contributed by atoms with E-state index in [1.807, 2.05) is 31.2 Å². The first kappa shape index (κ1) is 14.0. The maximum Gasteiger partial charge on any atom is -0.0348 e. The van der Waals surface area contributed by atoms with Crippen LogP contribution in [0.1, 0.15) is 46.0 Å². The summed E-state index contributed by atoms with van der Waals surface area (Å²) in [4.78, 5) is 0. The zero-order valence-corrected chi connectivity index (χ0v) is 10.2. The van der Waals surface area contributed by atoms with Crippen LogP contribution < -0.4 is 0 Å². The van der Waals surface area contributed by atoms with E-state index in [2.05, 4.69) is 31.2 Å². The van der Waals surface area contributed by atoms with Crippen LogP contribution in [0.3, 0.4) is 0 Å². The van der Waals surface area contributed by atoms with Gasteiger partial charge < -0.3 is 0 Å². The quantitative estimate of drug-likeness (QED) is 0.376. The average molecular weight is 204 g/mol. The van der Waals surface area contributed by atoms with Crippen molar-refractivity contribution < 1.29 is 0 Å². The number of unbranched alkanes of at least 4 members (excludes halogenated alkanes) is 4. The molecule has 0 radical (unpaired) electrons. The van der Waals surface area contributed by atoms with Crippen LogP contribution in [0.4, 0.5) is 0 Å². The summed E-state index contributed by atoms with van der Waals surface area (Å²) in [6, 6.07) is 0. The Hall–Kier alpha value is -1.04. The van der Waals surface area contributed by atoms with Gasteiger partial charge in [-0.1, -0.05) is 74.8 Å². The summed E-state index contributed by atoms with van der Waals surface area (Å²) >= 11 is 0. The van der Waals surface area contributed by atoms with Gasteiger partial charge in [-0.15, -0.1) is 0 Å². The lowest BCUT2D eigenvalue weighted by molar-refractivity contribution is 0.674. The topological polar surface area (TPSA) is 0 Å². The Morgan fingerprint density at radius 3 is 2.07 bits per heavy atom. The summed E-state index contributed by atoms with van der Waals surface area (Å²) in [5.41, 5.74) is 0. The molecular weight excluding hydrogens is 180 g/mol. The van der Waals surface area contributed by atoms with E-state index in [0.717, 1.165) is 0 Å². The second-order valence-corrected chi connectivity index (χ2v) is 3.57. The standard InChI is InChI=1S/C15H24/c1-3-5-7-9-11-13-15-14-12-10-8-6-4-2/h3,5,7,9,11,13-15H,4,6,8,10,12H2,1-2H3/b5-3+,9-7+,13-11-,15-14+. The van der Waals surface area contributed by atoms with E-state index in [0.29, 0.717) is 0 Å². The van der Waals surface area contributed by atoms with Gasteiger partial charge in [-0.25, -0.2) is 0 Å². The first-order chi connectivity index (χ1) is 7.41. The van der Waals surface area contributed by atoms with Crippen LogP contribution in [0.5, 0.6) is 0 Å². The van der Waals surface area contributed by atoms with Crippen LogP contribution in [-0.2, 0) is 0 Å². The lowest BCUT2D eigenvalue weighted by Crippen LogP contribution is -1.72. The van der Waals surface area contributed by atoms with Gasteiger partial charge in [0, 0.05) is 0 Å². The van der Waals surface area contributed by atoms with Crippen molar-refractivity contribution >= 4 is 0 Å². The molecule has 0 N–H and O–H groups in total. The van der Waals surface area contributed by atoms with Crippen molar-refractivity contribution in [3.63, 3.8) is 0 Å². The molecule has 0 rings (SSSR count). The van der Waals surface area contributed by atoms with Gasteiger partial charge in [-0.3, -0.25) is 0 Å². The highest BCUT2D eigenvalue weighted by atomic mass is 13.9. The van der Waals surface area contributed by atoms with Crippen LogP contribution in [0.25, 0.3) is 0 Å². The lowest BCUT2D eigenvalue weighted by atomic mass is 10.1. The molecule has 0 fully saturated rings. The van der Waals surface area contributed by atoms with Crippen LogP contribution in [0, 0.1) is 0 Å². The molecule has 0 aliphatic heterocycles. The lowest BCUT2D eigenvalue weighted by Gasteiger charge is -1.92. The van der Waals surface area contributed by atoms with E-state index in [1.54, 1.807) is 0 Å².